The highest BCUT2D eigenvalue weighted by Gasteiger charge is 2.29. The van der Waals surface area contributed by atoms with Crippen molar-refractivity contribution < 1.29 is 18.0 Å². The second-order valence-electron chi connectivity index (χ2n) is 6.81. The second kappa shape index (κ2) is 10.3. The topological polar surface area (TPSA) is 95.6 Å². The van der Waals surface area contributed by atoms with Gasteiger partial charge < -0.3 is 15.5 Å². The molecule has 2 rings (SSSR count). The standard InChI is InChI=1S/C16H29N3O4S.ClH/c1-2-19(16(21)4-3-13-5-8-17-9-6-13)11-15(20)18-14-7-10-24(22,23)12-14;/h13-14,17H,2-12H2,1H3,(H,18,20);1H. The van der Waals surface area contributed by atoms with Crippen LogP contribution in [0, 0.1) is 5.92 Å². The fraction of sp³-hybridized carbons (Fsp3) is 0.875. The third-order valence-corrected chi connectivity index (χ3v) is 6.66. The summed E-state index contributed by atoms with van der Waals surface area (Å²) in [6.07, 6.45) is 4.03. The van der Waals surface area contributed by atoms with Crippen LogP contribution >= 0.6 is 12.4 Å². The van der Waals surface area contributed by atoms with Crippen molar-refractivity contribution in [2.45, 2.75) is 45.1 Å². The van der Waals surface area contributed by atoms with Crippen molar-refractivity contribution in [3.05, 3.63) is 0 Å². The zero-order valence-electron chi connectivity index (χ0n) is 14.8. The molecule has 0 bridgehead atoms. The summed E-state index contributed by atoms with van der Waals surface area (Å²) in [4.78, 5) is 26.0. The highest BCUT2D eigenvalue weighted by molar-refractivity contribution is 7.91. The molecule has 0 aromatic heterocycles. The van der Waals surface area contributed by atoms with Crippen LogP contribution in [0.5, 0.6) is 0 Å². The maximum atomic E-state index is 12.3. The fourth-order valence-corrected chi connectivity index (χ4v) is 5.06. The third-order valence-electron chi connectivity index (χ3n) is 4.89. The number of nitrogens with one attached hydrogen (secondary N) is 2. The molecule has 0 radical (unpaired) electrons. The average molecular weight is 396 g/mol. The van der Waals surface area contributed by atoms with Crippen LogP contribution in [-0.2, 0) is 19.4 Å². The van der Waals surface area contributed by atoms with Gasteiger partial charge in [0.1, 0.15) is 0 Å². The molecule has 2 amide bonds. The lowest BCUT2D eigenvalue weighted by atomic mass is 9.93. The van der Waals surface area contributed by atoms with E-state index < -0.39 is 9.84 Å². The lowest BCUT2D eigenvalue weighted by Gasteiger charge is -2.25. The summed E-state index contributed by atoms with van der Waals surface area (Å²) in [6.45, 7) is 4.39. The van der Waals surface area contributed by atoms with Gasteiger partial charge in [-0.05, 0) is 51.6 Å². The maximum absolute atomic E-state index is 12.3. The van der Waals surface area contributed by atoms with Crippen molar-refractivity contribution in [3.63, 3.8) is 0 Å². The summed E-state index contributed by atoms with van der Waals surface area (Å²) in [5, 5.41) is 6.05. The number of likely N-dealkylation sites (N-methyl/N-ethyl adjacent to an activating group) is 1. The maximum Gasteiger partial charge on any atom is 0.239 e. The number of hydrogen-bond donors (Lipinski definition) is 2. The third kappa shape index (κ3) is 7.50. The molecule has 2 N–H and O–H groups in total. The van der Waals surface area contributed by atoms with Gasteiger partial charge in [-0.2, -0.15) is 0 Å². The smallest absolute Gasteiger partial charge is 0.239 e. The molecule has 0 saturated carbocycles. The molecular weight excluding hydrogens is 366 g/mol. The van der Waals surface area contributed by atoms with Crippen molar-refractivity contribution in [2.24, 2.45) is 5.92 Å². The van der Waals surface area contributed by atoms with E-state index >= 15 is 0 Å². The minimum absolute atomic E-state index is 0. The van der Waals surface area contributed by atoms with Crippen LogP contribution in [0.3, 0.4) is 0 Å². The van der Waals surface area contributed by atoms with E-state index in [1.54, 1.807) is 4.90 Å². The van der Waals surface area contributed by atoms with E-state index in [1.807, 2.05) is 6.92 Å². The first kappa shape index (κ1) is 22.2. The Morgan fingerprint density at radius 1 is 1.20 bits per heavy atom. The summed E-state index contributed by atoms with van der Waals surface area (Å²) >= 11 is 0. The molecule has 0 aromatic rings. The summed E-state index contributed by atoms with van der Waals surface area (Å²) in [5.74, 6) is 0.463. The zero-order valence-corrected chi connectivity index (χ0v) is 16.5. The Kier molecular flexibility index (Phi) is 9.16. The van der Waals surface area contributed by atoms with Gasteiger partial charge in [-0.25, -0.2) is 8.42 Å². The van der Waals surface area contributed by atoms with Crippen LogP contribution in [0.25, 0.3) is 0 Å². The van der Waals surface area contributed by atoms with Gasteiger partial charge in [0.2, 0.25) is 11.8 Å². The van der Waals surface area contributed by atoms with E-state index in [-0.39, 0.29) is 48.3 Å². The number of carbonyl (C=O) groups is 2. The van der Waals surface area contributed by atoms with Gasteiger partial charge in [0.05, 0.1) is 18.1 Å². The Hall–Kier alpha value is -0.860. The number of carbonyl (C=O) groups excluding carboxylic acids is 2. The molecule has 2 aliphatic heterocycles. The van der Waals surface area contributed by atoms with Crippen molar-refractivity contribution >= 4 is 34.1 Å². The molecule has 9 heteroatoms. The second-order valence-corrected chi connectivity index (χ2v) is 9.04. The van der Waals surface area contributed by atoms with Crippen molar-refractivity contribution in [1.29, 1.82) is 0 Å². The molecule has 2 saturated heterocycles. The number of nitrogens with zero attached hydrogens (tertiary/aromatic N) is 1. The van der Waals surface area contributed by atoms with Crippen molar-refractivity contribution in [3.8, 4) is 0 Å². The molecule has 0 aromatic carbocycles. The minimum Gasteiger partial charge on any atom is -0.351 e. The van der Waals surface area contributed by atoms with E-state index in [0.29, 0.717) is 25.3 Å². The van der Waals surface area contributed by atoms with Crippen molar-refractivity contribution in [1.82, 2.24) is 15.5 Å². The Balaban J connectivity index is 0.00000312. The Morgan fingerprint density at radius 2 is 1.88 bits per heavy atom. The summed E-state index contributed by atoms with van der Waals surface area (Å²) in [5.41, 5.74) is 0. The van der Waals surface area contributed by atoms with Crippen LogP contribution in [0.2, 0.25) is 0 Å². The van der Waals surface area contributed by atoms with E-state index in [0.717, 1.165) is 32.4 Å². The zero-order chi connectivity index (χ0) is 17.6. The minimum atomic E-state index is -3.01. The van der Waals surface area contributed by atoms with Gasteiger partial charge in [0.15, 0.2) is 9.84 Å². The highest BCUT2D eigenvalue weighted by atomic mass is 35.5. The van der Waals surface area contributed by atoms with E-state index in [1.165, 1.54) is 0 Å². The molecule has 2 aliphatic rings. The quantitative estimate of drug-likeness (QED) is 0.648. The Bertz CT molecular complexity index is 550. The Morgan fingerprint density at radius 3 is 2.44 bits per heavy atom. The van der Waals surface area contributed by atoms with Gasteiger partial charge in [-0.1, -0.05) is 0 Å². The predicted molar refractivity (Wildman–Crippen MR) is 99.5 cm³/mol. The molecule has 0 aliphatic carbocycles. The van der Waals surface area contributed by atoms with E-state index in [4.69, 9.17) is 0 Å². The molecule has 25 heavy (non-hydrogen) atoms. The van der Waals surface area contributed by atoms with Crippen molar-refractivity contribution in [2.75, 3.05) is 37.7 Å². The predicted octanol–water partition coefficient (Wildman–Crippen LogP) is 0.340. The molecule has 146 valence electrons. The molecule has 0 spiro atoms. The number of halogens is 1. The lowest BCUT2D eigenvalue weighted by Crippen LogP contribution is -2.44. The molecular formula is C16H30ClN3O4S. The first-order valence-corrected chi connectivity index (χ1v) is 10.7. The summed E-state index contributed by atoms with van der Waals surface area (Å²) in [6, 6.07) is -0.314. The monoisotopic (exact) mass is 395 g/mol. The van der Waals surface area contributed by atoms with Gasteiger partial charge in [-0.3, -0.25) is 9.59 Å². The number of rotatable bonds is 7. The number of piperidine rings is 1. The molecule has 2 heterocycles. The van der Waals surface area contributed by atoms with Crippen LogP contribution in [0.15, 0.2) is 0 Å². The first-order chi connectivity index (χ1) is 11.4. The lowest BCUT2D eigenvalue weighted by molar-refractivity contribution is -0.136. The van der Waals surface area contributed by atoms with Crippen LogP contribution in [-0.4, -0.2) is 68.9 Å². The molecule has 2 fully saturated rings. The van der Waals surface area contributed by atoms with Crippen LogP contribution in [0.1, 0.15) is 39.0 Å². The fourth-order valence-electron chi connectivity index (χ4n) is 3.39. The molecule has 1 atom stereocenters. The molecule has 1 unspecified atom stereocenters. The summed E-state index contributed by atoms with van der Waals surface area (Å²) < 4.78 is 22.8. The summed E-state index contributed by atoms with van der Waals surface area (Å²) in [7, 11) is -3.01. The van der Waals surface area contributed by atoms with Gasteiger partial charge in [0.25, 0.3) is 0 Å². The normalized spacial score (nSPS) is 22.8. The SMILES string of the molecule is CCN(CC(=O)NC1CCS(=O)(=O)C1)C(=O)CCC1CCNCC1.Cl. The Labute approximate surface area is 156 Å². The van der Waals surface area contributed by atoms with E-state index in [9.17, 15) is 18.0 Å². The van der Waals surface area contributed by atoms with Gasteiger partial charge in [-0.15, -0.1) is 12.4 Å². The largest absolute Gasteiger partial charge is 0.351 e. The first-order valence-electron chi connectivity index (χ1n) is 8.88. The average Bonchev–Trinajstić information content (AvgIpc) is 2.89. The highest BCUT2D eigenvalue weighted by Crippen LogP contribution is 2.18. The molecule has 7 nitrogen and oxygen atoms in total. The van der Waals surface area contributed by atoms with Gasteiger partial charge in [0, 0.05) is 19.0 Å². The van der Waals surface area contributed by atoms with E-state index in [2.05, 4.69) is 10.6 Å². The number of amides is 2. The van der Waals surface area contributed by atoms with Gasteiger partial charge >= 0.3 is 0 Å². The van der Waals surface area contributed by atoms with Crippen LogP contribution in [0.4, 0.5) is 0 Å². The van der Waals surface area contributed by atoms with Crippen LogP contribution < -0.4 is 10.6 Å². The number of sulfone groups is 1. The number of hydrogen-bond acceptors (Lipinski definition) is 5.